The van der Waals surface area contributed by atoms with Crippen LogP contribution in [0.3, 0.4) is 0 Å². The summed E-state index contributed by atoms with van der Waals surface area (Å²) >= 11 is 0. The first-order valence-corrected chi connectivity index (χ1v) is 34.0. The predicted molar refractivity (Wildman–Crippen MR) is 358 cm³/mol. The first-order valence-electron chi connectivity index (χ1n) is 34.0. The van der Waals surface area contributed by atoms with E-state index >= 15 is 0 Å². The van der Waals surface area contributed by atoms with Gasteiger partial charge in [0.25, 0.3) is 0 Å². The molecule has 0 aliphatic rings. The Morgan fingerprint density at radius 1 is 0.312 bits per heavy atom. The Balaban J connectivity index is 3.62. The van der Waals surface area contributed by atoms with Gasteiger partial charge >= 0.3 is 0 Å². The molecule has 0 bridgehead atoms. The third-order valence-corrected chi connectivity index (χ3v) is 14.9. The van der Waals surface area contributed by atoms with Crippen molar-refractivity contribution in [1.82, 2.24) is 5.32 Å². The van der Waals surface area contributed by atoms with Gasteiger partial charge in [-0.05, 0) is 103 Å². The van der Waals surface area contributed by atoms with E-state index in [2.05, 4.69) is 165 Å². The van der Waals surface area contributed by atoms with E-state index in [0.29, 0.717) is 12.8 Å². The second kappa shape index (κ2) is 69.5. The van der Waals surface area contributed by atoms with Gasteiger partial charge in [0.1, 0.15) is 0 Å². The number of nitrogens with one attached hydrogen (secondary N) is 1. The predicted octanol–water partition coefficient (Wildman–Crippen LogP) is 23.5. The second-order valence-electron chi connectivity index (χ2n) is 22.5. The molecule has 80 heavy (non-hydrogen) atoms. The molecule has 2 atom stereocenters. The largest absolute Gasteiger partial charge is 0.394 e. The molecule has 3 N–H and O–H groups in total. The summed E-state index contributed by atoms with van der Waals surface area (Å²) in [6, 6.07) is -0.573. The fraction of sp³-hybridized carbons (Fsp3) is 0.671. The van der Waals surface area contributed by atoms with Crippen LogP contribution in [0.5, 0.6) is 0 Å². The molecule has 0 heterocycles. The van der Waals surface area contributed by atoms with E-state index in [0.717, 1.165) is 109 Å². The highest BCUT2D eigenvalue weighted by molar-refractivity contribution is 5.76. The molecule has 0 aliphatic carbocycles. The summed E-state index contributed by atoms with van der Waals surface area (Å²) in [5.41, 5.74) is 0. The smallest absolute Gasteiger partial charge is 0.220 e. The van der Waals surface area contributed by atoms with Gasteiger partial charge in [0.2, 0.25) is 5.91 Å². The van der Waals surface area contributed by atoms with Crippen LogP contribution in [-0.4, -0.2) is 34.9 Å². The van der Waals surface area contributed by atoms with Gasteiger partial charge in [-0.25, -0.2) is 0 Å². The average Bonchev–Trinajstić information content (AvgIpc) is 3.46. The molecule has 1 amide bonds. The number of carbonyl (C=O) groups is 1. The zero-order chi connectivity index (χ0) is 57.6. The summed E-state index contributed by atoms with van der Waals surface area (Å²) in [4.78, 5) is 12.5. The van der Waals surface area contributed by atoms with Crippen LogP contribution in [0.15, 0.2) is 146 Å². The lowest BCUT2D eigenvalue weighted by molar-refractivity contribution is -0.123. The fourth-order valence-electron chi connectivity index (χ4n) is 9.76. The fourth-order valence-corrected chi connectivity index (χ4v) is 9.76. The van der Waals surface area contributed by atoms with Crippen molar-refractivity contribution in [2.75, 3.05) is 6.61 Å². The number of rotatable bonds is 61. The van der Waals surface area contributed by atoms with Gasteiger partial charge in [-0.1, -0.05) is 346 Å². The van der Waals surface area contributed by atoms with Crippen LogP contribution in [0, 0.1) is 0 Å². The van der Waals surface area contributed by atoms with Crippen molar-refractivity contribution in [3.8, 4) is 0 Å². The molecular formula is C76H129NO3. The van der Waals surface area contributed by atoms with Crippen molar-refractivity contribution < 1.29 is 15.0 Å². The maximum atomic E-state index is 12.5. The molecule has 0 spiro atoms. The molecule has 0 saturated carbocycles. The van der Waals surface area contributed by atoms with Gasteiger partial charge in [-0.3, -0.25) is 4.79 Å². The van der Waals surface area contributed by atoms with Crippen LogP contribution >= 0.6 is 0 Å². The topological polar surface area (TPSA) is 69.6 Å². The van der Waals surface area contributed by atoms with Crippen molar-refractivity contribution in [3.05, 3.63) is 146 Å². The SMILES string of the molecule is CC/C=C\C/C=C\C/C=C\C/C=C\C/C=C\C/C=C\C/C=C\C/C=C\C/C=C\C/C=C\C/C=C\C/C=C\CCCCC(=O)NC(CO)C(O)CCCCCCCCCCCCCCCCCCCCCCCCCCCCCCC. The second-order valence-corrected chi connectivity index (χ2v) is 22.5. The van der Waals surface area contributed by atoms with Gasteiger partial charge in [0.15, 0.2) is 0 Å². The Morgan fingerprint density at radius 3 is 0.800 bits per heavy atom. The van der Waals surface area contributed by atoms with Gasteiger partial charge in [-0.15, -0.1) is 0 Å². The Morgan fingerprint density at radius 2 is 0.550 bits per heavy atom. The first-order chi connectivity index (χ1) is 39.7. The number of allylic oxidation sites excluding steroid dienone is 24. The molecule has 0 aromatic carbocycles. The third-order valence-electron chi connectivity index (χ3n) is 14.9. The van der Waals surface area contributed by atoms with Gasteiger partial charge in [0, 0.05) is 6.42 Å². The van der Waals surface area contributed by atoms with E-state index in [1.807, 2.05) is 0 Å². The standard InChI is InChI=1S/C76H129NO3/c1-3-5-7-9-11-13-15-17-19-21-23-25-27-29-31-33-34-35-36-37-38-39-40-41-42-44-46-48-50-52-54-56-58-60-62-64-66-68-70-72-76(80)77-74(73-78)75(79)71-69-67-65-63-61-59-57-55-53-51-49-47-45-43-32-30-28-26-24-22-20-18-16-14-12-10-8-6-4-2/h5,7,11,13,17,19,23,25,29,31,34-35,37-38,40-41,44,46,50,52,56,58,62,64,74-75,78-79H,3-4,6,8-10,12,14-16,18,20-22,24,26-28,30,32-33,36,39,42-43,45,47-49,51,53-55,57,59-61,63,65-73H2,1-2H3,(H,77,80)/b7-5-,13-11-,19-17-,25-23-,31-29-,35-34-,38-37-,41-40-,46-44-,52-50-,58-56-,64-62-. The number of amides is 1. The molecule has 2 unspecified atom stereocenters. The zero-order valence-electron chi connectivity index (χ0n) is 52.5. The summed E-state index contributed by atoms with van der Waals surface area (Å²) in [5, 5.41) is 23.4. The number of aliphatic hydroxyl groups excluding tert-OH is 2. The highest BCUT2D eigenvalue weighted by atomic mass is 16.3. The van der Waals surface area contributed by atoms with E-state index in [4.69, 9.17) is 0 Å². The number of aliphatic hydroxyl groups is 2. The summed E-state index contributed by atoms with van der Waals surface area (Å²) in [5.74, 6) is -0.0756. The average molecular weight is 1100 g/mol. The quantitative estimate of drug-likeness (QED) is 0.0420. The molecule has 0 aromatic rings. The van der Waals surface area contributed by atoms with Crippen molar-refractivity contribution in [2.24, 2.45) is 0 Å². The Kier molecular flexibility index (Phi) is 66.3. The summed E-state index contributed by atoms with van der Waals surface area (Å²) in [6.07, 6.45) is 109. The van der Waals surface area contributed by atoms with Crippen LogP contribution in [0.25, 0.3) is 0 Å². The van der Waals surface area contributed by atoms with Crippen molar-refractivity contribution in [2.45, 2.75) is 321 Å². The lowest BCUT2D eigenvalue weighted by Crippen LogP contribution is -2.45. The molecule has 0 aliphatic heterocycles. The molecule has 0 saturated heterocycles. The normalized spacial score (nSPS) is 13.7. The first kappa shape index (κ1) is 76.3. The number of unbranched alkanes of at least 4 members (excludes halogenated alkanes) is 30. The van der Waals surface area contributed by atoms with Crippen molar-refractivity contribution >= 4 is 5.91 Å². The minimum atomic E-state index is -0.691. The lowest BCUT2D eigenvalue weighted by atomic mass is 10.0. The molecule has 0 radical (unpaired) electrons. The monoisotopic (exact) mass is 1100 g/mol. The summed E-state index contributed by atoms with van der Waals surface area (Å²) < 4.78 is 0. The zero-order valence-corrected chi connectivity index (χ0v) is 52.5. The molecule has 0 rings (SSSR count). The van der Waals surface area contributed by atoms with E-state index in [-0.39, 0.29) is 12.5 Å². The molecule has 0 aromatic heterocycles. The molecule has 4 nitrogen and oxygen atoms in total. The molecule has 456 valence electrons. The Bertz CT molecular complexity index is 1630. The number of hydrogen-bond donors (Lipinski definition) is 3. The third kappa shape index (κ3) is 65.1. The van der Waals surface area contributed by atoms with E-state index in [1.165, 1.54) is 173 Å². The van der Waals surface area contributed by atoms with Crippen LogP contribution in [0.4, 0.5) is 0 Å². The summed E-state index contributed by atoms with van der Waals surface area (Å²) in [6.45, 7) is 4.24. The Hall–Kier alpha value is -3.73. The van der Waals surface area contributed by atoms with E-state index in [1.54, 1.807) is 0 Å². The van der Waals surface area contributed by atoms with Crippen molar-refractivity contribution in [1.29, 1.82) is 0 Å². The van der Waals surface area contributed by atoms with Crippen LogP contribution in [0.2, 0.25) is 0 Å². The van der Waals surface area contributed by atoms with Gasteiger partial charge < -0.3 is 15.5 Å². The Labute approximate surface area is 497 Å². The maximum absolute atomic E-state index is 12.5. The molecular weight excluding hydrogens is 975 g/mol. The number of carbonyl (C=O) groups excluding carboxylic acids is 1. The van der Waals surface area contributed by atoms with Crippen LogP contribution in [0.1, 0.15) is 309 Å². The van der Waals surface area contributed by atoms with Crippen molar-refractivity contribution in [3.63, 3.8) is 0 Å². The van der Waals surface area contributed by atoms with Gasteiger partial charge in [-0.2, -0.15) is 0 Å². The summed E-state index contributed by atoms with van der Waals surface area (Å²) in [7, 11) is 0. The van der Waals surface area contributed by atoms with Gasteiger partial charge in [0.05, 0.1) is 18.8 Å². The lowest BCUT2D eigenvalue weighted by Gasteiger charge is -2.22. The highest BCUT2D eigenvalue weighted by Crippen LogP contribution is 2.18. The number of hydrogen-bond acceptors (Lipinski definition) is 3. The molecule has 0 fully saturated rings. The van der Waals surface area contributed by atoms with Crippen LogP contribution < -0.4 is 5.32 Å². The minimum Gasteiger partial charge on any atom is -0.394 e. The van der Waals surface area contributed by atoms with E-state index < -0.39 is 12.1 Å². The minimum absolute atomic E-state index is 0.0756. The maximum Gasteiger partial charge on any atom is 0.220 e. The van der Waals surface area contributed by atoms with Crippen LogP contribution in [-0.2, 0) is 4.79 Å². The van der Waals surface area contributed by atoms with E-state index in [9.17, 15) is 15.0 Å². The highest BCUT2D eigenvalue weighted by Gasteiger charge is 2.20. The molecule has 4 heteroatoms.